The first-order chi connectivity index (χ1) is 20.5. The number of nitrogens with zero attached hydrogens (tertiary/aromatic N) is 3. The first-order valence-corrected chi connectivity index (χ1v) is 15.2. The van der Waals surface area contributed by atoms with Gasteiger partial charge >= 0.3 is 5.97 Å². The molecule has 0 saturated carbocycles. The molecule has 0 aliphatic heterocycles. The molecule has 0 fully saturated rings. The minimum Gasteiger partial charge on any atom is -0.478 e. The van der Waals surface area contributed by atoms with Crippen LogP contribution in [0.25, 0.3) is 22.3 Å². The lowest BCUT2D eigenvalue weighted by Crippen LogP contribution is -2.10. The maximum absolute atomic E-state index is 15.4. The number of fused-ring (bicyclic) bond motifs is 1. The van der Waals surface area contributed by atoms with E-state index in [1.807, 2.05) is 4.57 Å². The first-order valence-electron chi connectivity index (χ1n) is 13.3. The molecule has 43 heavy (non-hydrogen) atoms. The maximum atomic E-state index is 15.4. The van der Waals surface area contributed by atoms with Gasteiger partial charge in [0.1, 0.15) is 18.2 Å². The molecule has 11 heteroatoms. The SMILES string of the molecule is C=C/C=C\C(=C(/C)COc1cccc(-c2ccc(Cc3nc4ccc(C(=O)O)cc4n3CCOC)c(F)c2)n1)S(C)(=O)=O. The van der Waals surface area contributed by atoms with Crippen LogP contribution in [0.15, 0.2) is 89.9 Å². The van der Waals surface area contributed by atoms with Crippen LogP contribution >= 0.6 is 0 Å². The van der Waals surface area contributed by atoms with Gasteiger partial charge in [0, 0.05) is 38.0 Å². The number of pyridine rings is 1. The van der Waals surface area contributed by atoms with Crippen LogP contribution in [0.1, 0.15) is 28.7 Å². The van der Waals surface area contributed by atoms with E-state index in [-0.39, 0.29) is 29.4 Å². The minimum atomic E-state index is -3.48. The van der Waals surface area contributed by atoms with Crippen molar-refractivity contribution < 1.29 is 32.2 Å². The summed E-state index contributed by atoms with van der Waals surface area (Å²) in [5, 5.41) is 9.41. The largest absolute Gasteiger partial charge is 0.478 e. The van der Waals surface area contributed by atoms with E-state index in [0.29, 0.717) is 52.4 Å². The Morgan fingerprint density at radius 2 is 1.93 bits per heavy atom. The van der Waals surface area contributed by atoms with Crippen LogP contribution in [0.5, 0.6) is 5.88 Å². The third-order valence-corrected chi connectivity index (χ3v) is 7.94. The molecule has 0 bridgehead atoms. The lowest BCUT2D eigenvalue weighted by molar-refractivity contribution is 0.0697. The second-order valence-electron chi connectivity index (χ2n) is 9.83. The fourth-order valence-electron chi connectivity index (χ4n) is 4.54. The second-order valence-corrected chi connectivity index (χ2v) is 11.8. The smallest absolute Gasteiger partial charge is 0.335 e. The van der Waals surface area contributed by atoms with Gasteiger partial charge < -0.3 is 19.1 Å². The molecule has 0 radical (unpaired) electrons. The van der Waals surface area contributed by atoms with Crippen molar-refractivity contribution in [2.45, 2.75) is 19.9 Å². The Bertz CT molecular complexity index is 1840. The fourth-order valence-corrected chi connectivity index (χ4v) is 5.56. The minimum absolute atomic E-state index is 0.00827. The topological polar surface area (TPSA) is 121 Å². The number of aromatic carboxylic acids is 1. The van der Waals surface area contributed by atoms with Gasteiger partial charge in [-0.15, -0.1) is 0 Å². The van der Waals surface area contributed by atoms with Crippen LogP contribution in [-0.2, 0) is 27.5 Å². The lowest BCUT2D eigenvalue weighted by Gasteiger charge is -2.11. The number of carboxylic acid groups (broad SMARTS) is 1. The van der Waals surface area contributed by atoms with E-state index >= 15 is 4.39 Å². The van der Waals surface area contributed by atoms with Crippen molar-refractivity contribution in [2.24, 2.45) is 0 Å². The van der Waals surface area contributed by atoms with Gasteiger partial charge in [-0.2, -0.15) is 0 Å². The second kappa shape index (κ2) is 13.6. The van der Waals surface area contributed by atoms with Gasteiger partial charge in [-0.3, -0.25) is 0 Å². The summed E-state index contributed by atoms with van der Waals surface area (Å²) in [6.07, 6.45) is 5.80. The molecule has 0 spiro atoms. The van der Waals surface area contributed by atoms with Crippen molar-refractivity contribution in [1.29, 1.82) is 0 Å². The average molecular weight is 606 g/mol. The van der Waals surface area contributed by atoms with E-state index in [0.717, 1.165) is 6.26 Å². The van der Waals surface area contributed by atoms with Gasteiger partial charge in [-0.1, -0.05) is 36.9 Å². The Morgan fingerprint density at radius 3 is 2.60 bits per heavy atom. The zero-order chi connectivity index (χ0) is 31.1. The predicted molar refractivity (Wildman–Crippen MR) is 163 cm³/mol. The number of carboxylic acids is 1. The molecule has 4 rings (SSSR count). The molecule has 0 unspecified atom stereocenters. The number of imidazole rings is 1. The molecule has 2 aromatic heterocycles. The number of benzene rings is 2. The highest BCUT2D eigenvalue weighted by molar-refractivity contribution is 7.94. The van der Waals surface area contributed by atoms with Crippen molar-refractivity contribution in [3.05, 3.63) is 113 Å². The van der Waals surface area contributed by atoms with Crippen LogP contribution in [-0.4, -0.2) is 60.6 Å². The van der Waals surface area contributed by atoms with E-state index in [1.165, 1.54) is 24.3 Å². The summed E-state index contributed by atoms with van der Waals surface area (Å²) in [7, 11) is -1.91. The number of methoxy groups -OCH3 is 1. The van der Waals surface area contributed by atoms with Crippen molar-refractivity contribution in [3.63, 3.8) is 0 Å². The number of hydrogen-bond donors (Lipinski definition) is 1. The third kappa shape index (κ3) is 7.62. The van der Waals surface area contributed by atoms with Crippen molar-refractivity contribution >= 4 is 26.8 Å². The maximum Gasteiger partial charge on any atom is 0.335 e. The number of halogens is 1. The van der Waals surface area contributed by atoms with E-state index in [9.17, 15) is 18.3 Å². The molecule has 224 valence electrons. The van der Waals surface area contributed by atoms with Gasteiger partial charge in [0.05, 0.1) is 33.8 Å². The monoisotopic (exact) mass is 605 g/mol. The summed E-state index contributed by atoms with van der Waals surface area (Å²) in [6.45, 7) is 6.02. The predicted octanol–water partition coefficient (Wildman–Crippen LogP) is 5.61. The average Bonchev–Trinajstić information content (AvgIpc) is 3.31. The summed E-state index contributed by atoms with van der Waals surface area (Å²) >= 11 is 0. The van der Waals surface area contributed by atoms with E-state index in [4.69, 9.17) is 9.47 Å². The van der Waals surface area contributed by atoms with Gasteiger partial charge in [-0.05, 0) is 54.5 Å². The molecule has 2 heterocycles. The Balaban J connectivity index is 1.57. The quantitative estimate of drug-likeness (QED) is 0.195. The number of carbonyl (C=O) groups is 1. The standard InChI is InChI=1S/C32H32FN3O6S/c1-5-6-9-29(43(4,39)40)21(2)20-42-31-10-7-8-26(35-31)23-12-11-22(25(33)17-23)19-30-34-27-14-13-24(32(37)38)18-28(27)36(30)15-16-41-3/h5-14,17-18H,1,15-16,19-20H2,2-4H3,(H,37,38)/b9-6-,29-21-. The van der Waals surface area contributed by atoms with Crippen LogP contribution in [0, 0.1) is 5.82 Å². The molecule has 2 aromatic carbocycles. The Hall–Kier alpha value is -4.61. The van der Waals surface area contributed by atoms with Gasteiger partial charge in [0.25, 0.3) is 0 Å². The van der Waals surface area contributed by atoms with E-state index in [2.05, 4.69) is 16.5 Å². The number of sulfone groups is 1. The number of hydrogen-bond acceptors (Lipinski definition) is 7. The van der Waals surface area contributed by atoms with E-state index < -0.39 is 21.6 Å². The van der Waals surface area contributed by atoms with Crippen molar-refractivity contribution in [2.75, 3.05) is 26.6 Å². The molecule has 0 amide bonds. The highest BCUT2D eigenvalue weighted by Crippen LogP contribution is 2.26. The zero-order valence-electron chi connectivity index (χ0n) is 24.1. The molecule has 0 saturated heterocycles. The number of allylic oxidation sites excluding steroid dienone is 3. The molecule has 0 aliphatic carbocycles. The number of rotatable bonds is 13. The lowest BCUT2D eigenvalue weighted by atomic mass is 10.1. The highest BCUT2D eigenvalue weighted by Gasteiger charge is 2.17. The van der Waals surface area contributed by atoms with Crippen LogP contribution in [0.3, 0.4) is 0 Å². The van der Waals surface area contributed by atoms with E-state index in [1.54, 1.807) is 62.6 Å². The summed E-state index contributed by atoms with van der Waals surface area (Å²) in [4.78, 5) is 20.8. The number of ether oxygens (including phenoxy) is 2. The third-order valence-electron chi connectivity index (χ3n) is 6.65. The highest BCUT2D eigenvalue weighted by atomic mass is 32.2. The zero-order valence-corrected chi connectivity index (χ0v) is 24.9. The molecule has 0 aliphatic rings. The summed E-state index contributed by atoms with van der Waals surface area (Å²) in [5.74, 6) is -0.657. The molecule has 9 nitrogen and oxygen atoms in total. The van der Waals surface area contributed by atoms with Gasteiger partial charge in [0.15, 0.2) is 9.84 Å². The van der Waals surface area contributed by atoms with Crippen LogP contribution in [0.4, 0.5) is 4.39 Å². The van der Waals surface area contributed by atoms with Crippen molar-refractivity contribution in [3.8, 4) is 17.1 Å². The summed E-state index contributed by atoms with van der Waals surface area (Å²) in [6, 6.07) is 14.6. The summed E-state index contributed by atoms with van der Waals surface area (Å²) < 4.78 is 52.6. The van der Waals surface area contributed by atoms with Gasteiger partial charge in [0.2, 0.25) is 5.88 Å². The van der Waals surface area contributed by atoms with Crippen LogP contribution in [0.2, 0.25) is 0 Å². The summed E-state index contributed by atoms with van der Waals surface area (Å²) in [5.41, 5.74) is 3.30. The van der Waals surface area contributed by atoms with Gasteiger partial charge in [-0.25, -0.2) is 27.6 Å². The number of aromatic nitrogens is 3. The molecule has 4 aromatic rings. The molecular weight excluding hydrogens is 573 g/mol. The first kappa shape index (κ1) is 31.3. The molecule has 0 atom stereocenters. The molecular formula is C32H32FN3O6S. The normalized spacial score (nSPS) is 12.5. The Kier molecular flexibility index (Phi) is 9.89. The Morgan fingerprint density at radius 1 is 1.14 bits per heavy atom. The van der Waals surface area contributed by atoms with Crippen molar-refractivity contribution in [1.82, 2.24) is 14.5 Å². The van der Waals surface area contributed by atoms with Crippen LogP contribution < -0.4 is 4.74 Å². The Labute approximate surface area is 249 Å². The molecule has 1 N–H and O–H groups in total. The fraction of sp³-hybridized carbons (Fsp3) is 0.219.